The van der Waals surface area contributed by atoms with Crippen LogP contribution in [0.1, 0.15) is 0 Å². The summed E-state index contributed by atoms with van der Waals surface area (Å²) >= 11 is 2.01. The molecule has 2 heterocycles. The van der Waals surface area contributed by atoms with E-state index >= 15 is 0 Å². The van der Waals surface area contributed by atoms with Crippen molar-refractivity contribution in [2.75, 3.05) is 5.75 Å². The lowest BCUT2D eigenvalue weighted by atomic mass is 10.0. The van der Waals surface area contributed by atoms with E-state index in [1.807, 2.05) is 11.8 Å². The highest BCUT2D eigenvalue weighted by atomic mass is 32.2. The standard InChI is InChI=1S/C7H10NPS/c8-6-4-10-7-5(6)2-1-3-9-7/h1-3,5-7H,4,8H2/t5?,6-,7?/m1/s1. The first-order valence-electron chi connectivity index (χ1n) is 3.45. The summed E-state index contributed by atoms with van der Waals surface area (Å²) in [5, 5.41) is 0. The second-order valence-corrected chi connectivity index (χ2v) is 5.32. The van der Waals surface area contributed by atoms with Crippen LogP contribution in [0.15, 0.2) is 12.2 Å². The van der Waals surface area contributed by atoms with E-state index < -0.39 is 0 Å². The lowest BCUT2D eigenvalue weighted by molar-refractivity contribution is 0.607. The Balaban J connectivity index is 2.19. The minimum absolute atomic E-state index is 0.410. The molecule has 54 valence electrons. The first-order chi connectivity index (χ1) is 4.88. The van der Waals surface area contributed by atoms with Gasteiger partial charge >= 0.3 is 0 Å². The number of hydrogen-bond donors (Lipinski definition) is 1. The zero-order chi connectivity index (χ0) is 6.97. The van der Waals surface area contributed by atoms with Crippen LogP contribution >= 0.6 is 20.0 Å². The Kier molecular flexibility index (Phi) is 1.86. The summed E-state index contributed by atoms with van der Waals surface area (Å²) in [7, 11) is 1.45. The number of allylic oxidation sites excluding steroid dienone is 1. The van der Waals surface area contributed by atoms with Crippen molar-refractivity contribution in [2.24, 2.45) is 11.7 Å². The molecule has 3 heteroatoms. The zero-order valence-corrected chi connectivity index (χ0v) is 7.31. The van der Waals surface area contributed by atoms with E-state index in [0.29, 0.717) is 12.0 Å². The Labute approximate surface area is 66.9 Å². The van der Waals surface area contributed by atoms with Crippen LogP contribution in [0.4, 0.5) is 0 Å². The molecule has 0 amide bonds. The number of thioether (sulfide) groups is 1. The van der Waals surface area contributed by atoms with Crippen molar-refractivity contribution >= 4 is 25.8 Å². The van der Waals surface area contributed by atoms with Crippen molar-refractivity contribution in [1.82, 2.24) is 0 Å². The highest BCUT2D eigenvalue weighted by Gasteiger charge is 2.32. The molecule has 1 fully saturated rings. The number of nitrogens with two attached hydrogens (primary N) is 1. The highest BCUT2D eigenvalue weighted by Crippen LogP contribution is 2.40. The molecule has 0 aromatic carbocycles. The third kappa shape index (κ3) is 1.05. The Morgan fingerprint density at radius 3 is 3.30 bits per heavy atom. The minimum Gasteiger partial charge on any atom is -0.326 e. The third-order valence-electron chi connectivity index (χ3n) is 1.94. The van der Waals surface area contributed by atoms with Gasteiger partial charge in [-0.05, 0) is 5.80 Å². The summed E-state index contributed by atoms with van der Waals surface area (Å²) in [6.45, 7) is 0. The van der Waals surface area contributed by atoms with Gasteiger partial charge in [0.15, 0.2) is 0 Å². The van der Waals surface area contributed by atoms with E-state index in [0.717, 1.165) is 10.7 Å². The maximum absolute atomic E-state index is 5.90. The van der Waals surface area contributed by atoms with Gasteiger partial charge in [-0.1, -0.05) is 20.4 Å². The summed E-state index contributed by atoms with van der Waals surface area (Å²) in [6, 6.07) is 0.410. The largest absolute Gasteiger partial charge is 0.326 e. The van der Waals surface area contributed by atoms with Crippen molar-refractivity contribution in [3.05, 3.63) is 12.2 Å². The predicted octanol–water partition coefficient (Wildman–Crippen LogP) is 1.32. The van der Waals surface area contributed by atoms with Crippen molar-refractivity contribution in [3.63, 3.8) is 0 Å². The Morgan fingerprint density at radius 1 is 1.60 bits per heavy atom. The Hall–Kier alpha value is 0.220. The summed E-state index contributed by atoms with van der Waals surface area (Å²) in [4.78, 5) is 0.764. The monoisotopic (exact) mass is 171 g/mol. The van der Waals surface area contributed by atoms with Gasteiger partial charge in [-0.3, -0.25) is 0 Å². The normalized spacial score (nSPS) is 45.5. The van der Waals surface area contributed by atoms with Gasteiger partial charge in [0.25, 0.3) is 0 Å². The summed E-state index contributed by atoms with van der Waals surface area (Å²) in [6.07, 6.45) is 4.40. The molecule has 2 aliphatic rings. The van der Waals surface area contributed by atoms with E-state index in [1.54, 1.807) is 0 Å². The maximum atomic E-state index is 5.90. The molecule has 0 spiro atoms. The van der Waals surface area contributed by atoms with E-state index in [4.69, 9.17) is 5.73 Å². The maximum Gasteiger partial charge on any atom is 0.0543 e. The summed E-state index contributed by atoms with van der Waals surface area (Å²) < 4.78 is 0. The van der Waals surface area contributed by atoms with Gasteiger partial charge in [-0.2, -0.15) is 0 Å². The van der Waals surface area contributed by atoms with Gasteiger partial charge in [0.2, 0.25) is 0 Å². The molecule has 0 bridgehead atoms. The van der Waals surface area contributed by atoms with E-state index in [2.05, 4.69) is 17.9 Å². The predicted molar refractivity (Wildman–Crippen MR) is 49.8 cm³/mol. The molecule has 10 heavy (non-hydrogen) atoms. The highest BCUT2D eigenvalue weighted by molar-refractivity contribution is 8.04. The molecule has 1 nitrogen and oxygen atoms in total. The fraction of sp³-hybridized carbons (Fsp3) is 0.571. The lowest BCUT2D eigenvalue weighted by Crippen LogP contribution is -2.29. The molecule has 0 aliphatic carbocycles. The van der Waals surface area contributed by atoms with Crippen LogP contribution in [-0.2, 0) is 0 Å². The molecule has 0 aromatic heterocycles. The smallest absolute Gasteiger partial charge is 0.0543 e. The fourth-order valence-corrected chi connectivity index (χ4v) is 4.19. The number of rotatable bonds is 0. The van der Waals surface area contributed by atoms with Crippen LogP contribution in [0.5, 0.6) is 0 Å². The molecule has 2 rings (SSSR count). The molecular formula is C7H10NPS. The quantitative estimate of drug-likeness (QED) is 0.556. The zero-order valence-electron chi connectivity index (χ0n) is 5.60. The minimum atomic E-state index is 0.410. The summed E-state index contributed by atoms with van der Waals surface area (Å²) in [5.74, 6) is 4.00. The van der Waals surface area contributed by atoms with Crippen molar-refractivity contribution in [1.29, 1.82) is 0 Å². The van der Waals surface area contributed by atoms with Gasteiger partial charge in [0, 0.05) is 17.7 Å². The Bertz CT molecular complexity index is 190. The second kappa shape index (κ2) is 2.69. The molecule has 0 saturated carbocycles. The molecule has 2 unspecified atom stereocenters. The average Bonchev–Trinajstić information content (AvgIpc) is 2.34. The number of fused-ring (bicyclic) bond motifs is 1. The first-order valence-corrected chi connectivity index (χ1v) is 5.53. The second-order valence-electron chi connectivity index (χ2n) is 2.65. The van der Waals surface area contributed by atoms with Crippen molar-refractivity contribution in [3.8, 4) is 0 Å². The van der Waals surface area contributed by atoms with Crippen LogP contribution in [0.2, 0.25) is 0 Å². The van der Waals surface area contributed by atoms with Crippen molar-refractivity contribution in [2.45, 2.75) is 11.0 Å². The van der Waals surface area contributed by atoms with Gasteiger partial charge in [0.05, 0.1) is 4.99 Å². The Morgan fingerprint density at radius 2 is 2.50 bits per heavy atom. The topological polar surface area (TPSA) is 26.0 Å². The SMILES string of the molecule is N[C@@H]1CSC2P=CC=CC21. The lowest BCUT2D eigenvalue weighted by Gasteiger charge is -2.16. The van der Waals surface area contributed by atoms with E-state index in [1.165, 1.54) is 8.20 Å². The van der Waals surface area contributed by atoms with Gasteiger partial charge in [0.1, 0.15) is 0 Å². The van der Waals surface area contributed by atoms with Gasteiger partial charge in [-0.25, -0.2) is 0 Å². The fourth-order valence-electron chi connectivity index (χ4n) is 1.34. The van der Waals surface area contributed by atoms with Crippen LogP contribution < -0.4 is 5.73 Å². The van der Waals surface area contributed by atoms with E-state index in [9.17, 15) is 0 Å². The molecule has 2 aliphatic heterocycles. The first kappa shape index (κ1) is 6.90. The van der Waals surface area contributed by atoms with Gasteiger partial charge < -0.3 is 5.73 Å². The van der Waals surface area contributed by atoms with Crippen LogP contribution in [0.3, 0.4) is 0 Å². The molecule has 0 aromatic rings. The molecular weight excluding hydrogens is 161 g/mol. The molecule has 1 saturated heterocycles. The number of hydrogen-bond acceptors (Lipinski definition) is 2. The average molecular weight is 171 g/mol. The van der Waals surface area contributed by atoms with Gasteiger partial charge in [-0.15, -0.1) is 11.8 Å². The molecule has 3 atom stereocenters. The van der Waals surface area contributed by atoms with Crippen LogP contribution in [0.25, 0.3) is 0 Å². The van der Waals surface area contributed by atoms with Crippen molar-refractivity contribution < 1.29 is 0 Å². The molecule has 2 N–H and O–H groups in total. The molecule has 0 radical (unpaired) electrons. The third-order valence-corrected chi connectivity index (χ3v) is 4.96. The van der Waals surface area contributed by atoms with Crippen LogP contribution in [-0.4, -0.2) is 22.6 Å². The van der Waals surface area contributed by atoms with E-state index in [-0.39, 0.29) is 0 Å². The van der Waals surface area contributed by atoms with Crippen LogP contribution in [0, 0.1) is 5.92 Å². The summed E-state index contributed by atoms with van der Waals surface area (Å²) in [5.41, 5.74) is 5.90.